The maximum absolute atomic E-state index is 12.5. The van der Waals surface area contributed by atoms with E-state index in [2.05, 4.69) is 0 Å². The molecule has 2 amide bonds. The zero-order valence-electron chi connectivity index (χ0n) is 15.5. The Hall–Kier alpha value is -2.57. The molecular weight excluding hydrogens is 336 g/mol. The van der Waals surface area contributed by atoms with Crippen molar-refractivity contribution < 1.29 is 24.2 Å². The van der Waals surface area contributed by atoms with Crippen LogP contribution in [0.2, 0.25) is 0 Å². The van der Waals surface area contributed by atoms with Gasteiger partial charge in [0.05, 0.1) is 5.41 Å². The van der Waals surface area contributed by atoms with Crippen LogP contribution in [0.15, 0.2) is 30.3 Å². The zero-order chi connectivity index (χ0) is 19.3. The molecule has 142 valence electrons. The number of benzene rings is 1. The first-order valence-corrected chi connectivity index (χ1v) is 8.72. The van der Waals surface area contributed by atoms with Gasteiger partial charge >= 0.3 is 12.1 Å². The van der Waals surface area contributed by atoms with Gasteiger partial charge in [0.2, 0.25) is 5.91 Å². The minimum atomic E-state index is -0.894. The SMILES string of the molecule is C[C@H]1C(=O)N(CCC(C)(C)C(=O)O)CCN1C(=O)OCc1ccccc1. The highest BCUT2D eigenvalue weighted by Crippen LogP contribution is 2.22. The summed E-state index contributed by atoms with van der Waals surface area (Å²) in [6.45, 7) is 6.21. The summed E-state index contributed by atoms with van der Waals surface area (Å²) in [5.41, 5.74) is -0.00991. The molecule has 1 atom stereocenters. The quantitative estimate of drug-likeness (QED) is 0.839. The summed E-state index contributed by atoms with van der Waals surface area (Å²) in [6, 6.07) is 8.73. The molecule has 7 nitrogen and oxygen atoms in total. The molecule has 0 spiro atoms. The van der Waals surface area contributed by atoms with Gasteiger partial charge < -0.3 is 14.7 Å². The maximum atomic E-state index is 12.5. The van der Waals surface area contributed by atoms with Crippen LogP contribution in [-0.4, -0.2) is 58.6 Å². The average Bonchev–Trinajstić information content (AvgIpc) is 2.61. The molecule has 1 heterocycles. The standard InChI is InChI=1S/C19H26N2O5/c1-14-16(22)20(10-9-19(2,3)17(23)24)11-12-21(14)18(25)26-13-15-7-5-4-6-8-15/h4-8,14H,9-13H2,1-3H3,(H,23,24)/t14-/m0/s1. The maximum Gasteiger partial charge on any atom is 0.410 e. The van der Waals surface area contributed by atoms with Crippen LogP contribution >= 0.6 is 0 Å². The minimum absolute atomic E-state index is 0.160. The lowest BCUT2D eigenvalue weighted by Gasteiger charge is -2.39. The first kappa shape index (κ1) is 19.8. The van der Waals surface area contributed by atoms with Gasteiger partial charge in [-0.3, -0.25) is 14.5 Å². The van der Waals surface area contributed by atoms with E-state index >= 15 is 0 Å². The first-order chi connectivity index (χ1) is 12.2. The second kappa shape index (κ2) is 8.21. The molecule has 1 fully saturated rings. The number of aliphatic carboxylic acids is 1. The largest absolute Gasteiger partial charge is 0.481 e. The lowest BCUT2D eigenvalue weighted by molar-refractivity contribution is -0.149. The van der Waals surface area contributed by atoms with Gasteiger partial charge in [0.25, 0.3) is 0 Å². The van der Waals surface area contributed by atoms with Crippen molar-refractivity contribution in [3.63, 3.8) is 0 Å². The monoisotopic (exact) mass is 362 g/mol. The second-order valence-electron chi connectivity index (χ2n) is 7.17. The molecule has 1 aromatic rings. The second-order valence-corrected chi connectivity index (χ2v) is 7.17. The van der Waals surface area contributed by atoms with E-state index in [1.54, 1.807) is 25.7 Å². The van der Waals surface area contributed by atoms with Crippen LogP contribution in [0.5, 0.6) is 0 Å². The van der Waals surface area contributed by atoms with Gasteiger partial charge in [-0.2, -0.15) is 0 Å². The fraction of sp³-hybridized carbons (Fsp3) is 0.526. The number of carboxylic acid groups (broad SMARTS) is 1. The molecule has 0 aliphatic carbocycles. The molecule has 0 saturated carbocycles. The predicted octanol–water partition coefficient (Wildman–Crippen LogP) is 2.36. The van der Waals surface area contributed by atoms with Crippen molar-refractivity contribution in [2.45, 2.75) is 39.8 Å². The lowest BCUT2D eigenvalue weighted by atomic mass is 9.89. The van der Waals surface area contributed by atoms with E-state index in [1.807, 2.05) is 30.3 Å². The van der Waals surface area contributed by atoms with Crippen molar-refractivity contribution in [3.8, 4) is 0 Å². The number of rotatable bonds is 6. The summed E-state index contributed by atoms with van der Waals surface area (Å²) < 4.78 is 5.31. The van der Waals surface area contributed by atoms with Crippen molar-refractivity contribution in [2.75, 3.05) is 19.6 Å². The molecule has 0 radical (unpaired) electrons. The van der Waals surface area contributed by atoms with E-state index in [-0.39, 0.29) is 12.5 Å². The summed E-state index contributed by atoms with van der Waals surface area (Å²) in [5.74, 6) is -1.07. The van der Waals surface area contributed by atoms with E-state index in [9.17, 15) is 19.5 Å². The van der Waals surface area contributed by atoms with Crippen molar-refractivity contribution in [1.82, 2.24) is 9.80 Å². The van der Waals surface area contributed by atoms with Gasteiger partial charge in [-0.25, -0.2) is 4.79 Å². The van der Waals surface area contributed by atoms with E-state index in [1.165, 1.54) is 4.90 Å². The number of ether oxygens (including phenoxy) is 1. The topological polar surface area (TPSA) is 87.2 Å². The number of hydrogen-bond donors (Lipinski definition) is 1. The summed E-state index contributed by atoms with van der Waals surface area (Å²) in [5, 5.41) is 9.18. The molecular formula is C19H26N2O5. The van der Waals surface area contributed by atoms with E-state index < -0.39 is 23.5 Å². The van der Waals surface area contributed by atoms with Gasteiger partial charge in [0, 0.05) is 19.6 Å². The van der Waals surface area contributed by atoms with E-state index in [4.69, 9.17) is 4.74 Å². The van der Waals surface area contributed by atoms with Crippen LogP contribution in [0.1, 0.15) is 32.8 Å². The highest BCUT2D eigenvalue weighted by molar-refractivity contribution is 5.86. The third-order valence-corrected chi connectivity index (χ3v) is 4.77. The van der Waals surface area contributed by atoms with Gasteiger partial charge in [0.1, 0.15) is 12.6 Å². The number of piperazine rings is 1. The minimum Gasteiger partial charge on any atom is -0.481 e. The fourth-order valence-corrected chi connectivity index (χ4v) is 2.72. The molecule has 26 heavy (non-hydrogen) atoms. The number of amides is 2. The molecule has 2 rings (SSSR count). The van der Waals surface area contributed by atoms with Gasteiger partial charge in [-0.05, 0) is 32.8 Å². The predicted molar refractivity (Wildman–Crippen MR) is 95.4 cm³/mol. The Morgan fingerprint density at radius 2 is 1.88 bits per heavy atom. The summed E-state index contributed by atoms with van der Waals surface area (Å²) in [4.78, 5) is 39.1. The third kappa shape index (κ3) is 4.74. The number of carbonyl (C=O) groups excluding carboxylic acids is 2. The fourth-order valence-electron chi connectivity index (χ4n) is 2.72. The summed E-state index contributed by atoms with van der Waals surface area (Å²) in [7, 11) is 0. The summed E-state index contributed by atoms with van der Waals surface area (Å²) in [6.07, 6.45) is -0.153. The smallest absolute Gasteiger partial charge is 0.410 e. The van der Waals surface area contributed by atoms with E-state index in [0.29, 0.717) is 26.1 Å². The molecule has 0 bridgehead atoms. The zero-order valence-corrected chi connectivity index (χ0v) is 15.5. The lowest BCUT2D eigenvalue weighted by Crippen LogP contribution is -2.58. The number of carbonyl (C=O) groups is 3. The normalized spacial score (nSPS) is 18.0. The molecule has 7 heteroatoms. The van der Waals surface area contributed by atoms with Crippen LogP contribution in [0.4, 0.5) is 4.79 Å². The van der Waals surface area contributed by atoms with E-state index in [0.717, 1.165) is 5.56 Å². The molecule has 0 aromatic heterocycles. The van der Waals surface area contributed by atoms with Gasteiger partial charge in [-0.15, -0.1) is 0 Å². The van der Waals surface area contributed by atoms with Gasteiger partial charge in [-0.1, -0.05) is 30.3 Å². The molecule has 1 aliphatic rings. The van der Waals surface area contributed by atoms with Crippen LogP contribution in [-0.2, 0) is 20.9 Å². The van der Waals surface area contributed by atoms with Crippen molar-refractivity contribution >= 4 is 18.0 Å². The van der Waals surface area contributed by atoms with Crippen molar-refractivity contribution in [3.05, 3.63) is 35.9 Å². The third-order valence-electron chi connectivity index (χ3n) is 4.77. The average molecular weight is 362 g/mol. The number of hydrogen-bond acceptors (Lipinski definition) is 4. The Morgan fingerprint density at radius 3 is 2.50 bits per heavy atom. The number of nitrogens with zero attached hydrogens (tertiary/aromatic N) is 2. The van der Waals surface area contributed by atoms with Crippen molar-refractivity contribution in [2.24, 2.45) is 5.41 Å². The Morgan fingerprint density at radius 1 is 1.23 bits per heavy atom. The molecule has 1 aliphatic heterocycles. The first-order valence-electron chi connectivity index (χ1n) is 8.72. The Balaban J connectivity index is 1.88. The van der Waals surface area contributed by atoms with Crippen LogP contribution in [0.25, 0.3) is 0 Å². The van der Waals surface area contributed by atoms with Crippen molar-refractivity contribution in [1.29, 1.82) is 0 Å². The molecule has 1 saturated heterocycles. The number of carboxylic acids is 1. The van der Waals surface area contributed by atoms with Crippen LogP contribution in [0, 0.1) is 5.41 Å². The van der Waals surface area contributed by atoms with Gasteiger partial charge in [0.15, 0.2) is 0 Å². The molecule has 1 N–H and O–H groups in total. The summed E-state index contributed by atoms with van der Waals surface area (Å²) >= 11 is 0. The Kier molecular flexibility index (Phi) is 6.23. The highest BCUT2D eigenvalue weighted by atomic mass is 16.6. The highest BCUT2D eigenvalue weighted by Gasteiger charge is 2.36. The van der Waals surface area contributed by atoms with Crippen LogP contribution < -0.4 is 0 Å². The Bertz CT molecular complexity index is 659. The van der Waals surface area contributed by atoms with Crippen LogP contribution in [0.3, 0.4) is 0 Å². The molecule has 0 unspecified atom stereocenters. The Labute approximate surface area is 153 Å². The molecule has 1 aromatic carbocycles.